The zero-order chi connectivity index (χ0) is 13.9. The van der Waals surface area contributed by atoms with Gasteiger partial charge in [-0.15, -0.1) is 11.3 Å². The molecule has 1 aromatic carbocycles. The van der Waals surface area contributed by atoms with Crippen LogP contribution < -0.4 is 10.2 Å². The fourth-order valence-electron chi connectivity index (χ4n) is 2.56. The lowest BCUT2D eigenvalue weighted by molar-refractivity contribution is 0.678. The van der Waals surface area contributed by atoms with E-state index < -0.39 is 0 Å². The maximum absolute atomic E-state index is 4.76. The van der Waals surface area contributed by atoms with Crippen molar-refractivity contribution >= 4 is 16.5 Å². The van der Waals surface area contributed by atoms with Gasteiger partial charge in [0.15, 0.2) is 5.13 Å². The van der Waals surface area contributed by atoms with Gasteiger partial charge in [-0.1, -0.05) is 31.2 Å². The van der Waals surface area contributed by atoms with E-state index in [1.54, 1.807) is 0 Å². The molecule has 1 aromatic heterocycles. The standard InChI is InChI=1S/C16H21N3S/c1-3-8-17-9-15-12(2)18-16(20-15)19-10-13-6-4-5-7-14(13)11-19/h4-7,17H,3,8-11H2,1-2H3. The quantitative estimate of drug-likeness (QED) is 0.854. The first-order chi connectivity index (χ1) is 9.78. The van der Waals surface area contributed by atoms with Crippen molar-refractivity contribution in [1.29, 1.82) is 0 Å². The highest BCUT2D eigenvalue weighted by Gasteiger charge is 2.21. The van der Waals surface area contributed by atoms with E-state index in [-0.39, 0.29) is 0 Å². The largest absolute Gasteiger partial charge is 0.339 e. The molecule has 2 heterocycles. The average molecular weight is 287 g/mol. The molecule has 1 aliphatic rings. The van der Waals surface area contributed by atoms with Crippen molar-refractivity contribution in [3.63, 3.8) is 0 Å². The smallest absolute Gasteiger partial charge is 0.186 e. The number of benzene rings is 1. The molecule has 2 aromatic rings. The fourth-order valence-corrected chi connectivity index (χ4v) is 3.59. The topological polar surface area (TPSA) is 28.2 Å². The minimum absolute atomic E-state index is 0.943. The highest BCUT2D eigenvalue weighted by molar-refractivity contribution is 7.15. The van der Waals surface area contributed by atoms with Gasteiger partial charge in [0.25, 0.3) is 0 Å². The monoisotopic (exact) mass is 287 g/mol. The van der Waals surface area contributed by atoms with Crippen molar-refractivity contribution in [2.75, 3.05) is 11.4 Å². The number of aryl methyl sites for hydroxylation is 1. The summed E-state index contributed by atoms with van der Waals surface area (Å²) >= 11 is 1.83. The van der Waals surface area contributed by atoms with Gasteiger partial charge in [-0.05, 0) is 31.0 Å². The number of hydrogen-bond donors (Lipinski definition) is 1. The van der Waals surface area contributed by atoms with Crippen molar-refractivity contribution in [2.45, 2.75) is 39.9 Å². The Balaban J connectivity index is 1.71. The number of aromatic nitrogens is 1. The Morgan fingerprint density at radius 2 is 1.95 bits per heavy atom. The Morgan fingerprint density at radius 1 is 1.25 bits per heavy atom. The second-order valence-corrected chi connectivity index (χ2v) is 6.37. The highest BCUT2D eigenvalue weighted by atomic mass is 32.1. The molecule has 3 rings (SSSR count). The zero-order valence-electron chi connectivity index (χ0n) is 12.1. The van der Waals surface area contributed by atoms with E-state index >= 15 is 0 Å². The van der Waals surface area contributed by atoms with E-state index in [0.29, 0.717) is 0 Å². The molecule has 4 heteroatoms. The Morgan fingerprint density at radius 3 is 2.60 bits per heavy atom. The lowest BCUT2D eigenvalue weighted by Crippen LogP contribution is -2.14. The lowest BCUT2D eigenvalue weighted by Gasteiger charge is -2.12. The second kappa shape index (κ2) is 5.94. The van der Waals surface area contributed by atoms with Gasteiger partial charge >= 0.3 is 0 Å². The van der Waals surface area contributed by atoms with Gasteiger partial charge in [-0.25, -0.2) is 4.98 Å². The number of hydrogen-bond acceptors (Lipinski definition) is 4. The second-order valence-electron chi connectivity index (χ2n) is 5.31. The first kappa shape index (κ1) is 13.6. The molecule has 0 saturated carbocycles. The summed E-state index contributed by atoms with van der Waals surface area (Å²) in [6.45, 7) is 8.31. The Kier molecular flexibility index (Phi) is 4.03. The summed E-state index contributed by atoms with van der Waals surface area (Å²) in [7, 11) is 0. The summed E-state index contributed by atoms with van der Waals surface area (Å²) in [5.74, 6) is 0. The third-order valence-corrected chi connectivity index (χ3v) is 4.92. The minimum atomic E-state index is 0.943. The first-order valence-corrected chi connectivity index (χ1v) is 8.08. The van der Waals surface area contributed by atoms with Crippen LogP contribution >= 0.6 is 11.3 Å². The van der Waals surface area contributed by atoms with E-state index in [1.807, 2.05) is 11.3 Å². The number of rotatable bonds is 5. The summed E-state index contributed by atoms with van der Waals surface area (Å²) in [6.07, 6.45) is 1.17. The summed E-state index contributed by atoms with van der Waals surface area (Å²) in [4.78, 5) is 8.50. The molecule has 0 bridgehead atoms. The van der Waals surface area contributed by atoms with E-state index in [1.165, 1.54) is 28.1 Å². The molecular formula is C16H21N3S. The number of fused-ring (bicyclic) bond motifs is 1. The van der Waals surface area contributed by atoms with Crippen LogP contribution in [0.1, 0.15) is 35.0 Å². The predicted octanol–water partition coefficient (Wildman–Crippen LogP) is 3.47. The van der Waals surface area contributed by atoms with Crippen LogP contribution in [0.4, 0.5) is 5.13 Å². The zero-order valence-corrected chi connectivity index (χ0v) is 13.0. The minimum Gasteiger partial charge on any atom is -0.339 e. The number of thiazole rings is 1. The molecule has 20 heavy (non-hydrogen) atoms. The van der Waals surface area contributed by atoms with E-state index in [9.17, 15) is 0 Å². The molecule has 1 aliphatic heterocycles. The van der Waals surface area contributed by atoms with Crippen LogP contribution in [0.15, 0.2) is 24.3 Å². The van der Waals surface area contributed by atoms with Gasteiger partial charge in [-0.2, -0.15) is 0 Å². The summed E-state index contributed by atoms with van der Waals surface area (Å²) in [5.41, 5.74) is 4.04. The number of nitrogens with zero attached hydrogens (tertiary/aromatic N) is 2. The van der Waals surface area contributed by atoms with Crippen LogP contribution in [-0.2, 0) is 19.6 Å². The number of nitrogens with one attached hydrogen (secondary N) is 1. The molecule has 0 fully saturated rings. The van der Waals surface area contributed by atoms with Gasteiger partial charge in [0.05, 0.1) is 5.69 Å². The summed E-state index contributed by atoms with van der Waals surface area (Å²) < 4.78 is 0. The van der Waals surface area contributed by atoms with Gasteiger partial charge in [-0.3, -0.25) is 0 Å². The fraction of sp³-hybridized carbons (Fsp3) is 0.438. The molecule has 0 saturated heterocycles. The van der Waals surface area contributed by atoms with Crippen molar-refractivity contribution in [3.8, 4) is 0 Å². The number of anilines is 1. The Labute approximate surface area is 124 Å². The van der Waals surface area contributed by atoms with Crippen molar-refractivity contribution in [1.82, 2.24) is 10.3 Å². The maximum atomic E-state index is 4.76. The van der Waals surface area contributed by atoms with Gasteiger partial charge in [0, 0.05) is 24.5 Å². The summed E-state index contributed by atoms with van der Waals surface area (Å²) in [6, 6.07) is 8.68. The van der Waals surface area contributed by atoms with Crippen LogP contribution in [0.5, 0.6) is 0 Å². The first-order valence-electron chi connectivity index (χ1n) is 7.26. The molecule has 0 aliphatic carbocycles. The molecule has 1 N–H and O–H groups in total. The highest BCUT2D eigenvalue weighted by Crippen LogP contribution is 2.32. The molecule has 0 unspecified atom stereocenters. The van der Waals surface area contributed by atoms with Gasteiger partial charge in [0.1, 0.15) is 0 Å². The Hall–Kier alpha value is -1.39. The normalized spacial score (nSPS) is 13.8. The third-order valence-electron chi connectivity index (χ3n) is 3.71. The third kappa shape index (κ3) is 2.72. The van der Waals surface area contributed by atoms with Crippen molar-refractivity contribution in [3.05, 3.63) is 46.0 Å². The SMILES string of the molecule is CCCNCc1sc(N2Cc3ccccc3C2)nc1C. The lowest BCUT2D eigenvalue weighted by atomic mass is 10.1. The van der Waals surface area contributed by atoms with Gasteiger partial charge < -0.3 is 10.2 Å². The molecule has 0 spiro atoms. The van der Waals surface area contributed by atoms with Gasteiger partial charge in [0.2, 0.25) is 0 Å². The Bertz CT molecular complexity index is 566. The van der Waals surface area contributed by atoms with E-state index in [0.717, 1.165) is 31.3 Å². The van der Waals surface area contributed by atoms with Crippen LogP contribution in [0.25, 0.3) is 0 Å². The van der Waals surface area contributed by atoms with Crippen LogP contribution in [0.2, 0.25) is 0 Å². The average Bonchev–Trinajstić information content (AvgIpc) is 3.03. The van der Waals surface area contributed by atoms with Crippen LogP contribution in [-0.4, -0.2) is 11.5 Å². The molecule has 106 valence electrons. The molecule has 0 amide bonds. The predicted molar refractivity (Wildman–Crippen MR) is 85.2 cm³/mol. The summed E-state index contributed by atoms with van der Waals surface area (Å²) in [5, 5.41) is 4.62. The molecule has 0 radical (unpaired) electrons. The van der Waals surface area contributed by atoms with Crippen molar-refractivity contribution < 1.29 is 0 Å². The van der Waals surface area contributed by atoms with E-state index in [2.05, 4.69) is 48.3 Å². The van der Waals surface area contributed by atoms with Crippen LogP contribution in [0, 0.1) is 6.92 Å². The van der Waals surface area contributed by atoms with Crippen molar-refractivity contribution in [2.24, 2.45) is 0 Å². The molecule has 3 nitrogen and oxygen atoms in total. The molecular weight excluding hydrogens is 266 g/mol. The van der Waals surface area contributed by atoms with Crippen LogP contribution in [0.3, 0.4) is 0 Å². The van der Waals surface area contributed by atoms with E-state index in [4.69, 9.17) is 4.98 Å². The maximum Gasteiger partial charge on any atom is 0.186 e. The molecule has 0 atom stereocenters.